The fourth-order valence-corrected chi connectivity index (χ4v) is 2.67. The molecule has 0 aliphatic heterocycles. The number of para-hydroxylation sites is 1. The van der Waals surface area contributed by atoms with Crippen molar-refractivity contribution in [1.29, 1.82) is 0 Å². The van der Waals surface area contributed by atoms with Crippen molar-refractivity contribution in [2.45, 2.75) is 6.42 Å². The Hall–Kier alpha value is -2.93. The van der Waals surface area contributed by atoms with Gasteiger partial charge in [0.25, 0.3) is 5.91 Å². The Morgan fingerprint density at radius 3 is 2.48 bits per heavy atom. The van der Waals surface area contributed by atoms with E-state index >= 15 is 0 Å². The summed E-state index contributed by atoms with van der Waals surface area (Å²) < 4.78 is 0.992. The van der Waals surface area contributed by atoms with Gasteiger partial charge >= 0.3 is 5.97 Å². The second kappa shape index (κ2) is 7.37. The second-order valence-electron chi connectivity index (χ2n) is 4.67. The minimum Gasteiger partial charge on any atom is -0.481 e. The van der Waals surface area contributed by atoms with Gasteiger partial charge in [0.05, 0.1) is 16.6 Å². The summed E-state index contributed by atoms with van der Waals surface area (Å²) in [5, 5.41) is 8.79. The Morgan fingerprint density at radius 2 is 1.87 bits per heavy atom. The predicted molar refractivity (Wildman–Crippen MR) is 90.3 cm³/mol. The molecule has 0 fully saturated rings. The minimum atomic E-state index is -0.837. The van der Waals surface area contributed by atoms with E-state index in [9.17, 15) is 9.59 Å². The molecule has 0 atom stereocenters. The molecule has 0 unspecified atom stereocenters. The number of anilines is 1. The summed E-state index contributed by atoms with van der Waals surface area (Å²) in [6.45, 7) is 0. The summed E-state index contributed by atoms with van der Waals surface area (Å²) in [6.07, 6.45) is 0.0328. The largest absolute Gasteiger partial charge is 0.481 e. The first kappa shape index (κ1) is 16.4. The Bertz CT molecular complexity index is 812. The summed E-state index contributed by atoms with van der Waals surface area (Å²) in [4.78, 5) is 25.0. The number of carbonyl (C=O) groups excluding carboxylic acids is 1. The highest BCUT2D eigenvalue weighted by molar-refractivity contribution is 7.20. The third kappa shape index (κ3) is 4.79. The van der Waals surface area contributed by atoms with Crippen LogP contribution in [-0.4, -0.2) is 22.0 Å². The van der Waals surface area contributed by atoms with Crippen molar-refractivity contribution in [1.82, 2.24) is 4.98 Å². The normalized spacial score (nSPS) is 9.91. The van der Waals surface area contributed by atoms with Crippen LogP contribution in [0.2, 0.25) is 0 Å². The summed E-state index contributed by atoms with van der Waals surface area (Å²) in [5.74, 6) is -1.30. The van der Waals surface area contributed by atoms with Gasteiger partial charge in [0.15, 0.2) is 5.01 Å². The van der Waals surface area contributed by atoms with Crippen molar-refractivity contribution in [2.24, 2.45) is 5.73 Å². The lowest BCUT2D eigenvalue weighted by molar-refractivity contribution is -0.136. The van der Waals surface area contributed by atoms with Crippen LogP contribution in [0.3, 0.4) is 0 Å². The van der Waals surface area contributed by atoms with Crippen LogP contribution in [0.5, 0.6) is 0 Å². The number of hydrogen-bond acceptors (Lipinski definition) is 5. The number of aromatic nitrogens is 1. The first-order valence-corrected chi connectivity index (χ1v) is 7.49. The Morgan fingerprint density at radius 1 is 1.13 bits per heavy atom. The summed E-state index contributed by atoms with van der Waals surface area (Å²) in [7, 11) is 0. The third-order valence-corrected chi connectivity index (χ3v) is 3.86. The maximum atomic E-state index is 10.7. The Balaban J connectivity index is 0.000000168. The lowest BCUT2D eigenvalue weighted by atomic mass is 10.1. The third-order valence-electron chi connectivity index (χ3n) is 2.81. The molecule has 7 heteroatoms. The topological polar surface area (TPSA) is 119 Å². The SMILES string of the molecule is NC(=O)c1nc2ccccc2s1.Nc1cccc(CC(=O)O)c1. The van der Waals surface area contributed by atoms with E-state index in [4.69, 9.17) is 16.6 Å². The molecule has 0 bridgehead atoms. The van der Waals surface area contributed by atoms with Gasteiger partial charge in [-0.25, -0.2) is 4.98 Å². The first-order chi connectivity index (χ1) is 11.0. The second-order valence-corrected chi connectivity index (χ2v) is 5.70. The zero-order chi connectivity index (χ0) is 16.8. The van der Waals surface area contributed by atoms with E-state index in [2.05, 4.69) is 4.98 Å². The molecule has 0 spiro atoms. The van der Waals surface area contributed by atoms with Crippen LogP contribution in [0, 0.1) is 0 Å². The van der Waals surface area contributed by atoms with Crippen LogP contribution in [-0.2, 0) is 11.2 Å². The average molecular weight is 329 g/mol. The first-order valence-electron chi connectivity index (χ1n) is 6.67. The molecular weight excluding hydrogens is 314 g/mol. The highest BCUT2D eigenvalue weighted by Crippen LogP contribution is 2.20. The molecule has 23 heavy (non-hydrogen) atoms. The summed E-state index contributed by atoms with van der Waals surface area (Å²) in [5.41, 5.74) is 12.7. The average Bonchev–Trinajstić information content (AvgIpc) is 2.91. The van der Waals surface area contributed by atoms with Crippen molar-refractivity contribution in [3.8, 4) is 0 Å². The van der Waals surface area contributed by atoms with Gasteiger partial charge in [0.2, 0.25) is 0 Å². The molecule has 0 radical (unpaired) electrons. The number of benzene rings is 2. The number of rotatable bonds is 3. The van der Waals surface area contributed by atoms with Crippen LogP contribution >= 0.6 is 11.3 Å². The molecule has 0 saturated carbocycles. The van der Waals surface area contributed by atoms with E-state index in [1.807, 2.05) is 24.3 Å². The maximum absolute atomic E-state index is 10.7. The van der Waals surface area contributed by atoms with Crippen LogP contribution in [0.4, 0.5) is 5.69 Å². The number of thiazole rings is 1. The smallest absolute Gasteiger partial charge is 0.307 e. The van der Waals surface area contributed by atoms with Crippen molar-refractivity contribution in [3.63, 3.8) is 0 Å². The van der Waals surface area contributed by atoms with Gasteiger partial charge in [0, 0.05) is 5.69 Å². The van der Waals surface area contributed by atoms with Gasteiger partial charge in [-0.15, -0.1) is 11.3 Å². The van der Waals surface area contributed by atoms with E-state index in [0.717, 1.165) is 15.8 Å². The lowest BCUT2D eigenvalue weighted by Gasteiger charge is -1.96. The van der Waals surface area contributed by atoms with Crippen molar-refractivity contribution >= 4 is 39.1 Å². The maximum Gasteiger partial charge on any atom is 0.307 e. The van der Waals surface area contributed by atoms with Crippen molar-refractivity contribution < 1.29 is 14.7 Å². The molecular formula is C16H15N3O3S. The number of nitrogen functional groups attached to an aromatic ring is 1. The molecule has 118 valence electrons. The van der Waals surface area contributed by atoms with Crippen LogP contribution < -0.4 is 11.5 Å². The molecule has 3 aromatic rings. The molecule has 1 heterocycles. The standard InChI is InChI=1S/C8H6N2OS.C8H9NO2/c9-7(11)8-10-5-3-1-2-4-6(5)12-8;9-7-3-1-2-6(4-7)5-8(10)11/h1-4H,(H2,9,11);1-4H,5,9H2,(H,10,11). The molecule has 0 aliphatic carbocycles. The van der Waals surface area contributed by atoms with Crippen molar-refractivity contribution in [3.05, 3.63) is 59.1 Å². The number of carboxylic acids is 1. The number of aliphatic carboxylic acids is 1. The Kier molecular flexibility index (Phi) is 5.27. The fourth-order valence-electron chi connectivity index (χ4n) is 1.86. The van der Waals surface area contributed by atoms with Crippen molar-refractivity contribution in [2.75, 3.05) is 5.73 Å². The number of nitrogens with two attached hydrogens (primary N) is 2. The number of amides is 1. The van der Waals surface area contributed by atoms with Gasteiger partial charge in [-0.05, 0) is 29.8 Å². The lowest BCUT2D eigenvalue weighted by Crippen LogP contribution is -2.09. The molecule has 0 saturated heterocycles. The van der Waals surface area contributed by atoms with E-state index < -0.39 is 11.9 Å². The zero-order valence-corrected chi connectivity index (χ0v) is 12.9. The van der Waals surface area contributed by atoms with Gasteiger partial charge in [-0.3, -0.25) is 9.59 Å². The van der Waals surface area contributed by atoms with Gasteiger partial charge < -0.3 is 16.6 Å². The predicted octanol–water partition coefficient (Wildman–Crippen LogP) is 2.29. The zero-order valence-electron chi connectivity index (χ0n) is 12.1. The molecule has 2 aromatic carbocycles. The highest BCUT2D eigenvalue weighted by Gasteiger charge is 2.06. The molecule has 1 aromatic heterocycles. The van der Waals surface area contributed by atoms with Gasteiger partial charge in [0.1, 0.15) is 0 Å². The number of hydrogen-bond donors (Lipinski definition) is 3. The number of carbonyl (C=O) groups is 2. The fraction of sp³-hybridized carbons (Fsp3) is 0.0625. The number of carboxylic acid groups (broad SMARTS) is 1. The summed E-state index contributed by atoms with van der Waals surface area (Å²) >= 11 is 1.32. The van der Waals surface area contributed by atoms with Gasteiger partial charge in [-0.1, -0.05) is 24.3 Å². The highest BCUT2D eigenvalue weighted by atomic mass is 32.1. The summed E-state index contributed by atoms with van der Waals surface area (Å²) in [6, 6.07) is 14.4. The van der Waals surface area contributed by atoms with E-state index in [-0.39, 0.29) is 6.42 Å². The molecule has 5 N–H and O–H groups in total. The quantitative estimate of drug-likeness (QED) is 0.637. The Labute approximate surface area is 136 Å². The minimum absolute atomic E-state index is 0.0328. The van der Waals surface area contributed by atoms with E-state index in [1.54, 1.807) is 24.3 Å². The van der Waals surface area contributed by atoms with Gasteiger partial charge in [-0.2, -0.15) is 0 Å². The number of primary amides is 1. The number of nitrogens with zero attached hydrogens (tertiary/aromatic N) is 1. The molecule has 6 nitrogen and oxygen atoms in total. The van der Waals surface area contributed by atoms with Crippen LogP contribution in [0.15, 0.2) is 48.5 Å². The van der Waals surface area contributed by atoms with E-state index in [1.165, 1.54) is 11.3 Å². The molecule has 3 rings (SSSR count). The monoisotopic (exact) mass is 329 g/mol. The number of fused-ring (bicyclic) bond motifs is 1. The van der Waals surface area contributed by atoms with Crippen LogP contribution in [0.25, 0.3) is 10.2 Å². The molecule has 0 aliphatic rings. The molecule has 1 amide bonds. The van der Waals surface area contributed by atoms with Crippen LogP contribution in [0.1, 0.15) is 15.4 Å². The van der Waals surface area contributed by atoms with E-state index in [0.29, 0.717) is 10.7 Å².